The SMILES string of the molecule is C=C(C)C(=O)N1CCN(c2ccc(-c3cc(OCCO)cn4ncc(C#N)c34)cn2)CC1. The number of fused-ring (bicyclic) bond motifs is 1. The molecule has 0 aromatic carbocycles. The zero-order chi connectivity index (χ0) is 22.7. The van der Waals surface area contributed by atoms with E-state index in [1.807, 2.05) is 23.1 Å². The van der Waals surface area contributed by atoms with Gasteiger partial charge >= 0.3 is 0 Å². The van der Waals surface area contributed by atoms with Gasteiger partial charge in [0.2, 0.25) is 5.91 Å². The van der Waals surface area contributed by atoms with Crippen LogP contribution in [0.4, 0.5) is 5.82 Å². The van der Waals surface area contributed by atoms with Gasteiger partial charge in [-0.15, -0.1) is 0 Å². The Morgan fingerprint density at radius 2 is 2.06 bits per heavy atom. The second-order valence-corrected chi connectivity index (χ2v) is 7.59. The number of carbonyl (C=O) groups excluding carboxylic acids is 1. The quantitative estimate of drug-likeness (QED) is 0.593. The van der Waals surface area contributed by atoms with Crippen molar-refractivity contribution in [1.29, 1.82) is 5.26 Å². The predicted molar refractivity (Wildman–Crippen MR) is 119 cm³/mol. The minimum Gasteiger partial charge on any atom is -0.490 e. The lowest BCUT2D eigenvalue weighted by molar-refractivity contribution is -0.127. The molecule has 0 unspecified atom stereocenters. The van der Waals surface area contributed by atoms with Crippen molar-refractivity contribution < 1.29 is 14.6 Å². The first kappa shape index (κ1) is 21.3. The summed E-state index contributed by atoms with van der Waals surface area (Å²) in [5, 5.41) is 22.8. The summed E-state index contributed by atoms with van der Waals surface area (Å²) in [5.74, 6) is 1.36. The highest BCUT2D eigenvalue weighted by Crippen LogP contribution is 2.31. The average Bonchev–Trinajstić information content (AvgIpc) is 3.25. The first-order valence-corrected chi connectivity index (χ1v) is 10.3. The molecule has 164 valence electrons. The molecule has 32 heavy (non-hydrogen) atoms. The number of ether oxygens (including phenoxy) is 1. The van der Waals surface area contributed by atoms with Crippen molar-refractivity contribution in [3.63, 3.8) is 0 Å². The number of aromatic nitrogens is 3. The van der Waals surface area contributed by atoms with Gasteiger partial charge in [-0.05, 0) is 25.1 Å². The molecule has 0 bridgehead atoms. The van der Waals surface area contributed by atoms with Gasteiger partial charge in [0.25, 0.3) is 0 Å². The average molecular weight is 432 g/mol. The van der Waals surface area contributed by atoms with E-state index in [1.54, 1.807) is 23.8 Å². The van der Waals surface area contributed by atoms with Crippen LogP contribution in [0.5, 0.6) is 5.75 Å². The van der Waals surface area contributed by atoms with Gasteiger partial charge in [0.15, 0.2) is 0 Å². The second-order valence-electron chi connectivity index (χ2n) is 7.59. The lowest BCUT2D eigenvalue weighted by atomic mass is 10.1. The number of aliphatic hydroxyl groups is 1. The maximum atomic E-state index is 12.1. The summed E-state index contributed by atoms with van der Waals surface area (Å²) in [5.41, 5.74) is 3.27. The zero-order valence-electron chi connectivity index (χ0n) is 17.9. The number of nitriles is 1. The number of aliphatic hydroxyl groups excluding tert-OH is 1. The Kier molecular flexibility index (Phi) is 6.05. The number of carbonyl (C=O) groups is 1. The van der Waals surface area contributed by atoms with Crippen LogP contribution in [0.3, 0.4) is 0 Å². The second kappa shape index (κ2) is 9.08. The summed E-state index contributed by atoms with van der Waals surface area (Å²) in [6, 6.07) is 7.89. The Morgan fingerprint density at radius 3 is 2.69 bits per heavy atom. The Bertz CT molecular complexity index is 1190. The topological polar surface area (TPSA) is 107 Å². The van der Waals surface area contributed by atoms with Crippen LogP contribution in [0.2, 0.25) is 0 Å². The molecule has 4 rings (SSSR count). The summed E-state index contributed by atoms with van der Waals surface area (Å²) in [6.45, 7) is 8.17. The zero-order valence-corrected chi connectivity index (χ0v) is 17.9. The van der Waals surface area contributed by atoms with Gasteiger partial charge in [-0.1, -0.05) is 6.58 Å². The predicted octanol–water partition coefficient (Wildman–Crippen LogP) is 1.86. The Morgan fingerprint density at radius 1 is 1.28 bits per heavy atom. The minimum atomic E-state index is -0.0998. The lowest BCUT2D eigenvalue weighted by Crippen LogP contribution is -2.49. The number of anilines is 1. The van der Waals surface area contributed by atoms with E-state index < -0.39 is 0 Å². The van der Waals surface area contributed by atoms with Crippen molar-refractivity contribution in [2.24, 2.45) is 0 Å². The van der Waals surface area contributed by atoms with Gasteiger partial charge in [-0.2, -0.15) is 10.4 Å². The molecule has 1 fully saturated rings. The molecule has 4 heterocycles. The third-order valence-electron chi connectivity index (χ3n) is 5.38. The third-order valence-corrected chi connectivity index (χ3v) is 5.38. The highest BCUT2D eigenvalue weighted by molar-refractivity contribution is 5.92. The number of pyridine rings is 2. The van der Waals surface area contributed by atoms with Crippen LogP contribution in [-0.4, -0.2) is 69.9 Å². The van der Waals surface area contributed by atoms with Crippen LogP contribution >= 0.6 is 0 Å². The van der Waals surface area contributed by atoms with Gasteiger partial charge in [0, 0.05) is 49.1 Å². The van der Waals surface area contributed by atoms with Gasteiger partial charge in [-0.3, -0.25) is 4.79 Å². The molecule has 0 atom stereocenters. The van der Waals surface area contributed by atoms with Crippen LogP contribution in [0.15, 0.2) is 48.9 Å². The van der Waals surface area contributed by atoms with Crippen LogP contribution in [0.25, 0.3) is 16.6 Å². The fourth-order valence-corrected chi connectivity index (χ4v) is 3.78. The fraction of sp³-hybridized carbons (Fsp3) is 0.304. The third kappa shape index (κ3) is 4.13. The molecule has 0 saturated carbocycles. The van der Waals surface area contributed by atoms with E-state index in [9.17, 15) is 10.1 Å². The number of rotatable bonds is 6. The molecule has 0 spiro atoms. The molecule has 3 aromatic rings. The van der Waals surface area contributed by atoms with Crippen molar-refractivity contribution in [1.82, 2.24) is 19.5 Å². The summed E-state index contributed by atoms with van der Waals surface area (Å²) in [4.78, 5) is 20.7. The van der Waals surface area contributed by atoms with E-state index in [4.69, 9.17) is 9.84 Å². The number of hydrogen-bond donors (Lipinski definition) is 1. The van der Waals surface area contributed by atoms with Crippen LogP contribution in [0.1, 0.15) is 12.5 Å². The first-order chi connectivity index (χ1) is 15.5. The van der Waals surface area contributed by atoms with E-state index in [0.717, 1.165) is 16.9 Å². The molecular formula is C23H24N6O3. The molecule has 0 radical (unpaired) electrons. The van der Waals surface area contributed by atoms with Gasteiger partial charge in [-0.25, -0.2) is 9.50 Å². The van der Waals surface area contributed by atoms with Crippen molar-refractivity contribution in [2.75, 3.05) is 44.3 Å². The summed E-state index contributed by atoms with van der Waals surface area (Å²) >= 11 is 0. The lowest BCUT2D eigenvalue weighted by Gasteiger charge is -2.35. The monoisotopic (exact) mass is 432 g/mol. The molecule has 1 aliphatic heterocycles. The molecule has 1 saturated heterocycles. The minimum absolute atomic E-state index is 0.00521. The molecule has 9 nitrogen and oxygen atoms in total. The summed E-state index contributed by atoms with van der Waals surface area (Å²) in [6.07, 6.45) is 4.96. The van der Waals surface area contributed by atoms with E-state index in [0.29, 0.717) is 48.6 Å². The number of piperazine rings is 1. The molecule has 1 amide bonds. The van der Waals surface area contributed by atoms with Crippen LogP contribution < -0.4 is 9.64 Å². The van der Waals surface area contributed by atoms with Crippen LogP contribution in [-0.2, 0) is 4.79 Å². The number of hydrogen-bond acceptors (Lipinski definition) is 7. The maximum Gasteiger partial charge on any atom is 0.249 e. The van der Waals surface area contributed by atoms with Crippen molar-refractivity contribution >= 4 is 17.2 Å². The van der Waals surface area contributed by atoms with Gasteiger partial charge in [0.05, 0.1) is 30.1 Å². The summed E-state index contributed by atoms with van der Waals surface area (Å²) < 4.78 is 7.18. The molecule has 0 aliphatic carbocycles. The molecule has 1 aliphatic rings. The van der Waals surface area contributed by atoms with Crippen molar-refractivity contribution in [3.8, 4) is 22.9 Å². The molecular weight excluding hydrogens is 408 g/mol. The highest BCUT2D eigenvalue weighted by atomic mass is 16.5. The molecule has 9 heteroatoms. The maximum absolute atomic E-state index is 12.1. The van der Waals surface area contributed by atoms with Crippen molar-refractivity contribution in [3.05, 3.63) is 54.5 Å². The standard InChI is InChI=1S/C23H24N6O3/c1-16(2)23(31)28-7-5-27(6-8-28)21-4-3-17(13-25-21)20-11-19(32-10-9-30)15-29-22(20)18(12-24)14-26-29/h3-4,11,13-15,30H,1,5-10H2,2H3. The Labute approximate surface area is 185 Å². The normalized spacial score (nSPS) is 13.8. The van der Waals surface area contributed by atoms with E-state index >= 15 is 0 Å². The van der Waals surface area contributed by atoms with E-state index in [2.05, 4.69) is 27.6 Å². The summed E-state index contributed by atoms with van der Waals surface area (Å²) in [7, 11) is 0. The Balaban J connectivity index is 1.59. The largest absolute Gasteiger partial charge is 0.490 e. The highest BCUT2D eigenvalue weighted by Gasteiger charge is 2.22. The van der Waals surface area contributed by atoms with Gasteiger partial charge < -0.3 is 19.6 Å². The van der Waals surface area contributed by atoms with Crippen LogP contribution in [0, 0.1) is 11.3 Å². The molecule has 3 aromatic heterocycles. The van der Waals surface area contributed by atoms with E-state index in [1.165, 1.54) is 6.20 Å². The fourth-order valence-electron chi connectivity index (χ4n) is 3.78. The van der Waals surface area contributed by atoms with Gasteiger partial charge in [0.1, 0.15) is 24.2 Å². The number of amides is 1. The Hall–Kier alpha value is -3.90. The van der Waals surface area contributed by atoms with Crippen molar-refractivity contribution in [2.45, 2.75) is 6.92 Å². The smallest absolute Gasteiger partial charge is 0.249 e. The van der Waals surface area contributed by atoms with E-state index in [-0.39, 0.29) is 19.1 Å². The first-order valence-electron chi connectivity index (χ1n) is 10.3. The number of nitrogens with zero attached hydrogens (tertiary/aromatic N) is 6. The molecule has 1 N–H and O–H groups in total.